The fourth-order valence-corrected chi connectivity index (χ4v) is 1.25. The Labute approximate surface area is 77.3 Å². The fourth-order valence-electron chi connectivity index (χ4n) is 1.25. The Morgan fingerprint density at radius 2 is 2.43 bits per heavy atom. The number of hydrogen-bond donors (Lipinski definition) is 4. The Kier molecular flexibility index (Phi) is 1.70. The largest absolute Gasteiger partial charge is 0.411 e. The predicted molar refractivity (Wildman–Crippen MR) is 50.5 cm³/mol. The highest BCUT2D eigenvalue weighted by Crippen LogP contribution is 2.09. The minimum atomic E-state index is -0.372. The number of nitrogens with two attached hydrogens (primary N) is 1. The van der Waals surface area contributed by atoms with Crippen molar-refractivity contribution < 1.29 is 5.21 Å². The van der Waals surface area contributed by atoms with Crippen LogP contribution >= 0.6 is 0 Å². The van der Waals surface area contributed by atoms with E-state index in [9.17, 15) is 4.79 Å². The molecular weight excluding hydrogens is 186 g/mol. The fraction of sp³-hybridized carbons (Fsp3) is 0. The maximum absolute atomic E-state index is 11.4. The van der Waals surface area contributed by atoms with Crippen LogP contribution in [0.2, 0.25) is 0 Å². The van der Waals surface area contributed by atoms with E-state index in [-0.39, 0.29) is 11.5 Å². The zero-order valence-electron chi connectivity index (χ0n) is 6.98. The molecule has 0 amide bonds. The number of nitrogens with one attached hydrogen (secondary N) is 2. The third kappa shape index (κ3) is 1.11. The summed E-state index contributed by atoms with van der Waals surface area (Å²) < 4.78 is 0. The molecule has 0 aromatic carbocycles. The van der Waals surface area contributed by atoms with Crippen molar-refractivity contribution in [2.24, 2.45) is 5.16 Å². The van der Waals surface area contributed by atoms with Crippen LogP contribution in [0, 0.1) is 0 Å². The number of nitrogens with zero attached hydrogens (tertiary/aromatic N) is 2. The van der Waals surface area contributed by atoms with Crippen LogP contribution in [0.1, 0.15) is 5.56 Å². The van der Waals surface area contributed by atoms with Gasteiger partial charge in [-0.25, -0.2) is 0 Å². The first kappa shape index (κ1) is 8.30. The van der Waals surface area contributed by atoms with Gasteiger partial charge in [-0.3, -0.25) is 9.78 Å². The molecule has 2 heterocycles. The van der Waals surface area contributed by atoms with Crippen molar-refractivity contribution in [3.63, 3.8) is 0 Å². The van der Waals surface area contributed by atoms with Crippen LogP contribution in [0.4, 0.5) is 5.95 Å². The summed E-state index contributed by atoms with van der Waals surface area (Å²) in [6.45, 7) is 0. The normalized spacial score (nSPS) is 11.4. The molecule has 0 atom stereocenters. The molecule has 0 radical (unpaired) electrons. The molecule has 0 aliphatic rings. The topological polar surface area (TPSA) is 120 Å². The van der Waals surface area contributed by atoms with Gasteiger partial charge in [0.25, 0.3) is 5.56 Å². The number of H-pyrrole nitrogens is 2. The van der Waals surface area contributed by atoms with Crippen molar-refractivity contribution in [3.05, 3.63) is 22.1 Å². The maximum Gasteiger partial charge on any atom is 0.262 e. The number of aromatic nitrogens is 3. The van der Waals surface area contributed by atoms with Gasteiger partial charge in [0.05, 0.1) is 11.6 Å². The lowest BCUT2D eigenvalue weighted by Gasteiger charge is -1.92. The molecule has 72 valence electrons. The standard InChI is InChI=1S/C7H7N5O2/c8-7-11-5-4(6(13)12-7)3(1-9-5)2-10-14/h1-2,14H,(H4,8,9,11,12,13). The third-order valence-corrected chi connectivity index (χ3v) is 1.79. The van der Waals surface area contributed by atoms with E-state index in [0.717, 1.165) is 6.21 Å². The molecule has 0 saturated carbocycles. The molecule has 2 aromatic rings. The highest BCUT2D eigenvalue weighted by atomic mass is 16.4. The number of anilines is 1. The summed E-state index contributed by atoms with van der Waals surface area (Å²) in [5, 5.41) is 11.5. The smallest absolute Gasteiger partial charge is 0.262 e. The minimum Gasteiger partial charge on any atom is -0.411 e. The van der Waals surface area contributed by atoms with E-state index >= 15 is 0 Å². The summed E-state index contributed by atoms with van der Waals surface area (Å²) in [6.07, 6.45) is 2.65. The zero-order chi connectivity index (χ0) is 10.1. The molecule has 7 nitrogen and oxygen atoms in total. The number of nitrogen functional groups attached to an aromatic ring is 1. The van der Waals surface area contributed by atoms with Crippen molar-refractivity contribution in [2.75, 3.05) is 5.73 Å². The van der Waals surface area contributed by atoms with E-state index in [1.807, 2.05) is 0 Å². The lowest BCUT2D eigenvalue weighted by Crippen LogP contribution is -2.11. The molecule has 14 heavy (non-hydrogen) atoms. The highest BCUT2D eigenvalue weighted by molar-refractivity contribution is 5.97. The van der Waals surface area contributed by atoms with Crippen LogP contribution in [0.3, 0.4) is 0 Å². The average Bonchev–Trinajstić information content (AvgIpc) is 2.49. The van der Waals surface area contributed by atoms with Gasteiger partial charge in [-0.2, -0.15) is 4.98 Å². The van der Waals surface area contributed by atoms with Gasteiger partial charge in [-0.1, -0.05) is 5.16 Å². The lowest BCUT2D eigenvalue weighted by atomic mass is 10.2. The van der Waals surface area contributed by atoms with Crippen LogP contribution in [-0.4, -0.2) is 26.4 Å². The van der Waals surface area contributed by atoms with Crippen molar-refractivity contribution in [2.45, 2.75) is 0 Å². The number of aromatic amines is 2. The van der Waals surface area contributed by atoms with Gasteiger partial charge < -0.3 is 15.9 Å². The van der Waals surface area contributed by atoms with Crippen LogP contribution < -0.4 is 11.3 Å². The Hall–Kier alpha value is -2.31. The summed E-state index contributed by atoms with van der Waals surface area (Å²) in [5.41, 5.74) is 5.78. The SMILES string of the molecule is Nc1nc2[nH]cc(C=NO)c2c(=O)[nH]1. The molecule has 2 aromatic heterocycles. The van der Waals surface area contributed by atoms with Gasteiger partial charge in [-0.15, -0.1) is 0 Å². The Balaban J connectivity index is 2.86. The monoisotopic (exact) mass is 193 g/mol. The van der Waals surface area contributed by atoms with Crippen LogP contribution in [0.25, 0.3) is 11.0 Å². The number of fused-ring (bicyclic) bond motifs is 1. The van der Waals surface area contributed by atoms with Gasteiger partial charge in [0.15, 0.2) is 0 Å². The van der Waals surface area contributed by atoms with E-state index in [2.05, 4.69) is 20.1 Å². The Bertz CT molecular complexity index is 553. The van der Waals surface area contributed by atoms with Crippen LogP contribution in [0.5, 0.6) is 0 Å². The van der Waals surface area contributed by atoms with Crippen molar-refractivity contribution >= 4 is 23.2 Å². The summed E-state index contributed by atoms with van der Waals surface area (Å²) in [7, 11) is 0. The predicted octanol–water partition coefficient (Wildman–Crippen LogP) is -0.358. The molecular formula is C7H7N5O2. The minimum absolute atomic E-state index is 0.0387. The Morgan fingerprint density at radius 3 is 3.14 bits per heavy atom. The molecule has 0 aliphatic heterocycles. The molecule has 0 fully saturated rings. The van der Waals surface area contributed by atoms with Crippen LogP contribution in [-0.2, 0) is 0 Å². The molecule has 0 bridgehead atoms. The number of rotatable bonds is 1. The maximum atomic E-state index is 11.4. The van der Waals surface area contributed by atoms with E-state index < -0.39 is 0 Å². The van der Waals surface area contributed by atoms with Crippen LogP contribution in [0.15, 0.2) is 16.1 Å². The van der Waals surface area contributed by atoms with E-state index in [0.29, 0.717) is 16.6 Å². The average molecular weight is 193 g/mol. The first-order valence-corrected chi connectivity index (χ1v) is 3.76. The molecule has 0 saturated heterocycles. The second-order valence-electron chi connectivity index (χ2n) is 2.66. The van der Waals surface area contributed by atoms with Crippen molar-refractivity contribution in [3.8, 4) is 0 Å². The zero-order valence-corrected chi connectivity index (χ0v) is 6.98. The van der Waals surface area contributed by atoms with Gasteiger partial charge in [0.2, 0.25) is 5.95 Å². The molecule has 0 aliphatic carbocycles. The first-order chi connectivity index (χ1) is 6.72. The summed E-state index contributed by atoms with van der Waals surface area (Å²) in [4.78, 5) is 20.4. The highest BCUT2D eigenvalue weighted by Gasteiger charge is 2.07. The summed E-state index contributed by atoms with van der Waals surface area (Å²) >= 11 is 0. The second-order valence-corrected chi connectivity index (χ2v) is 2.66. The van der Waals surface area contributed by atoms with Gasteiger partial charge >= 0.3 is 0 Å². The summed E-state index contributed by atoms with van der Waals surface area (Å²) in [5.74, 6) is 0.0387. The molecule has 2 rings (SSSR count). The Morgan fingerprint density at radius 1 is 1.64 bits per heavy atom. The quantitative estimate of drug-likeness (QED) is 0.281. The molecule has 7 heteroatoms. The van der Waals surface area contributed by atoms with Gasteiger partial charge in [0, 0.05) is 11.8 Å². The number of hydrogen-bond acceptors (Lipinski definition) is 5. The van der Waals surface area contributed by atoms with Crippen molar-refractivity contribution in [1.82, 2.24) is 15.0 Å². The number of oxime groups is 1. The summed E-state index contributed by atoms with van der Waals surface area (Å²) in [6, 6.07) is 0. The third-order valence-electron chi connectivity index (χ3n) is 1.79. The molecule has 5 N–H and O–H groups in total. The molecule has 0 unspecified atom stereocenters. The molecule has 0 spiro atoms. The lowest BCUT2D eigenvalue weighted by molar-refractivity contribution is 0.322. The van der Waals surface area contributed by atoms with Gasteiger partial charge in [-0.05, 0) is 0 Å². The van der Waals surface area contributed by atoms with Crippen molar-refractivity contribution in [1.29, 1.82) is 0 Å². The first-order valence-electron chi connectivity index (χ1n) is 3.76. The van der Waals surface area contributed by atoms with Gasteiger partial charge in [0.1, 0.15) is 5.65 Å². The van der Waals surface area contributed by atoms with E-state index in [1.54, 1.807) is 0 Å². The van der Waals surface area contributed by atoms with E-state index in [4.69, 9.17) is 10.9 Å². The second kappa shape index (κ2) is 2.87. The van der Waals surface area contributed by atoms with E-state index in [1.165, 1.54) is 6.20 Å².